The Balaban J connectivity index is 0. The van der Waals surface area contributed by atoms with Gasteiger partial charge in [0.1, 0.15) is 0 Å². The first-order valence-corrected chi connectivity index (χ1v) is 6.30. The number of fused-ring (bicyclic) bond motifs is 3. The van der Waals surface area contributed by atoms with Crippen LogP contribution in [0.1, 0.15) is 31.9 Å². The van der Waals surface area contributed by atoms with E-state index in [0.717, 1.165) is 13.0 Å². The molecule has 0 aliphatic carbocycles. The van der Waals surface area contributed by atoms with Crippen LogP contribution in [0, 0.1) is 0 Å². The summed E-state index contributed by atoms with van der Waals surface area (Å²) in [4.78, 5) is 0. The zero-order valence-electron chi connectivity index (χ0n) is 12.4. The second-order valence-electron chi connectivity index (χ2n) is 5.86. The van der Waals surface area contributed by atoms with Crippen LogP contribution in [0.3, 0.4) is 0 Å². The first kappa shape index (κ1) is 23.5. The summed E-state index contributed by atoms with van der Waals surface area (Å²) >= 11 is 0. The minimum Gasteiger partial charge on any atom is -1.00 e. The molecule has 3 rings (SSSR count). The molecule has 0 saturated heterocycles. The van der Waals surface area contributed by atoms with Gasteiger partial charge in [0.2, 0.25) is 0 Å². The molecule has 5 heteroatoms. The number of halogens is 3. The van der Waals surface area contributed by atoms with Gasteiger partial charge in [-0.05, 0) is 28.2 Å². The third-order valence-electron chi connectivity index (χ3n) is 3.55. The maximum absolute atomic E-state index is 4.65. The monoisotopic (exact) mass is 509 g/mol. The van der Waals surface area contributed by atoms with Crippen molar-refractivity contribution in [1.29, 1.82) is 0 Å². The molecule has 0 amide bonds. The molecule has 1 aliphatic rings. The van der Waals surface area contributed by atoms with Gasteiger partial charge < -0.3 is 42.5 Å². The van der Waals surface area contributed by atoms with Crippen molar-refractivity contribution in [3.63, 3.8) is 0 Å². The smallest absolute Gasteiger partial charge is 1.00 e. The summed E-state index contributed by atoms with van der Waals surface area (Å²) in [5, 5.41) is 7.34. The standard InChI is InChI=1S/C16H18N.3ClH.Hf/c1-16(2,3)14-10-11-8-9-17-15(11)13-7-5-4-6-12(13)14;;;;/h4-7,10H,8-9H2,1-3H3;3*1H;/q-1;;;;+4/p-3. The van der Waals surface area contributed by atoms with E-state index in [1.165, 1.54) is 27.6 Å². The molecule has 2 aromatic carbocycles. The quantitative estimate of drug-likeness (QED) is 0.320. The van der Waals surface area contributed by atoms with Gasteiger partial charge in [-0.25, -0.2) is 0 Å². The number of benzene rings is 2. The maximum Gasteiger partial charge on any atom is 4.00 e. The zero-order valence-corrected chi connectivity index (χ0v) is 18.2. The summed E-state index contributed by atoms with van der Waals surface area (Å²) in [6.45, 7) is 7.81. The van der Waals surface area contributed by atoms with Gasteiger partial charge in [-0.15, -0.1) is 12.2 Å². The minimum absolute atomic E-state index is 0. The van der Waals surface area contributed by atoms with Crippen LogP contribution >= 0.6 is 0 Å². The molecule has 0 saturated carbocycles. The third kappa shape index (κ3) is 4.37. The van der Waals surface area contributed by atoms with E-state index in [-0.39, 0.29) is 68.5 Å². The van der Waals surface area contributed by atoms with Crippen LogP contribution in [-0.4, -0.2) is 6.54 Å². The summed E-state index contributed by atoms with van der Waals surface area (Å²) in [6, 6.07) is 11.0. The largest absolute Gasteiger partial charge is 4.00 e. The number of nitrogens with zero attached hydrogens (tertiary/aromatic N) is 1. The van der Waals surface area contributed by atoms with Crippen molar-refractivity contribution in [2.75, 3.05) is 6.54 Å². The molecule has 0 fully saturated rings. The molecule has 1 heterocycles. The molecule has 1 nitrogen and oxygen atoms in total. The van der Waals surface area contributed by atoms with E-state index in [1.54, 1.807) is 0 Å². The van der Waals surface area contributed by atoms with Crippen molar-refractivity contribution < 1.29 is 63.1 Å². The van der Waals surface area contributed by atoms with Gasteiger partial charge in [0.15, 0.2) is 0 Å². The Bertz CT molecular complexity index is 594. The molecule has 112 valence electrons. The minimum atomic E-state index is 0. The van der Waals surface area contributed by atoms with Crippen LogP contribution in [0.5, 0.6) is 0 Å². The van der Waals surface area contributed by atoms with E-state index < -0.39 is 0 Å². The zero-order chi connectivity index (χ0) is 12.0. The normalized spacial score (nSPS) is 12.0. The molecule has 0 atom stereocenters. The molecular formula is C16H18Cl3HfN. The fraction of sp³-hybridized carbons (Fsp3) is 0.375. The van der Waals surface area contributed by atoms with Crippen LogP contribution in [0.2, 0.25) is 0 Å². The average molecular weight is 509 g/mol. The van der Waals surface area contributed by atoms with Crippen LogP contribution in [-0.2, 0) is 37.7 Å². The SMILES string of the molecule is CC(C)(C)c1cc2c(c3ccccc13)[N-]CC2.[Cl-].[Cl-].[Cl-].[Hf+4]. The first-order chi connectivity index (χ1) is 8.07. The van der Waals surface area contributed by atoms with E-state index >= 15 is 0 Å². The molecule has 21 heavy (non-hydrogen) atoms. The third-order valence-corrected chi connectivity index (χ3v) is 3.55. The Kier molecular flexibility index (Phi) is 9.81. The van der Waals surface area contributed by atoms with E-state index in [4.69, 9.17) is 0 Å². The fourth-order valence-electron chi connectivity index (χ4n) is 2.70. The number of hydrogen-bond donors (Lipinski definition) is 0. The predicted molar refractivity (Wildman–Crippen MR) is 74.2 cm³/mol. The van der Waals surface area contributed by atoms with Gasteiger partial charge in [-0.3, -0.25) is 0 Å². The molecule has 0 N–H and O–H groups in total. The van der Waals surface area contributed by atoms with E-state index in [2.05, 4.69) is 56.4 Å². The summed E-state index contributed by atoms with van der Waals surface area (Å²) in [5.74, 6) is 0. The van der Waals surface area contributed by atoms with Crippen LogP contribution in [0.25, 0.3) is 16.1 Å². The van der Waals surface area contributed by atoms with Crippen LogP contribution in [0.15, 0.2) is 30.3 Å². The molecule has 0 bridgehead atoms. The van der Waals surface area contributed by atoms with Crippen LogP contribution in [0.4, 0.5) is 5.69 Å². The second-order valence-corrected chi connectivity index (χ2v) is 5.86. The summed E-state index contributed by atoms with van der Waals surface area (Å²) in [7, 11) is 0. The molecule has 2 aromatic rings. The average Bonchev–Trinajstić information content (AvgIpc) is 2.74. The van der Waals surface area contributed by atoms with Gasteiger partial charge in [0.05, 0.1) is 0 Å². The van der Waals surface area contributed by atoms with Crippen molar-refractivity contribution in [3.05, 3.63) is 46.8 Å². The molecule has 0 radical (unpaired) electrons. The van der Waals surface area contributed by atoms with Gasteiger partial charge in [-0.2, -0.15) is 0 Å². The Morgan fingerprint density at radius 1 is 0.952 bits per heavy atom. The van der Waals surface area contributed by atoms with Crippen LogP contribution < -0.4 is 37.2 Å². The van der Waals surface area contributed by atoms with E-state index in [0.29, 0.717) is 0 Å². The van der Waals surface area contributed by atoms with Gasteiger partial charge in [0.25, 0.3) is 0 Å². The molecular weight excluding hydrogens is 491 g/mol. The van der Waals surface area contributed by atoms with E-state index in [9.17, 15) is 0 Å². The Morgan fingerprint density at radius 2 is 1.52 bits per heavy atom. The van der Waals surface area contributed by atoms with Gasteiger partial charge in [-0.1, -0.05) is 56.7 Å². The Morgan fingerprint density at radius 3 is 2.10 bits per heavy atom. The van der Waals surface area contributed by atoms with E-state index in [1.807, 2.05) is 0 Å². The van der Waals surface area contributed by atoms with Crippen molar-refractivity contribution >= 4 is 16.5 Å². The van der Waals surface area contributed by atoms with Crippen molar-refractivity contribution in [2.45, 2.75) is 32.6 Å². The second kappa shape index (κ2) is 8.76. The van der Waals surface area contributed by atoms with Crippen molar-refractivity contribution in [3.8, 4) is 0 Å². The first-order valence-electron chi connectivity index (χ1n) is 6.30. The Hall–Kier alpha value is 0.240. The summed E-state index contributed by atoms with van der Waals surface area (Å²) in [6.07, 6.45) is 1.10. The maximum atomic E-state index is 4.65. The van der Waals surface area contributed by atoms with Crippen molar-refractivity contribution in [2.24, 2.45) is 0 Å². The number of hydrogen-bond acceptors (Lipinski definition) is 0. The number of rotatable bonds is 0. The van der Waals surface area contributed by atoms with Gasteiger partial charge >= 0.3 is 25.8 Å². The molecule has 0 aromatic heterocycles. The summed E-state index contributed by atoms with van der Waals surface area (Å²) < 4.78 is 0. The van der Waals surface area contributed by atoms with Gasteiger partial charge in [0, 0.05) is 0 Å². The topological polar surface area (TPSA) is 14.1 Å². The molecule has 0 unspecified atom stereocenters. The Labute approximate surface area is 164 Å². The predicted octanol–water partition coefficient (Wildman–Crippen LogP) is -4.29. The van der Waals surface area contributed by atoms with Crippen molar-refractivity contribution in [1.82, 2.24) is 0 Å². The summed E-state index contributed by atoms with van der Waals surface area (Å²) in [5.41, 5.74) is 4.29. The molecule has 0 spiro atoms. The molecule has 1 aliphatic heterocycles. The fourth-order valence-corrected chi connectivity index (χ4v) is 2.70.